The van der Waals surface area contributed by atoms with Gasteiger partial charge in [0, 0.05) is 36.4 Å². The molecule has 0 saturated carbocycles. The van der Waals surface area contributed by atoms with Crippen LogP contribution in [0.15, 0.2) is 30.5 Å². The third-order valence-corrected chi connectivity index (χ3v) is 5.81. The molecule has 1 saturated heterocycles. The molecular formula is C21H20F3N5O2. The van der Waals surface area contributed by atoms with Gasteiger partial charge in [-0.25, -0.2) is 4.68 Å². The number of aromatic nitrogens is 4. The second kappa shape index (κ2) is 7.23. The molecule has 4 heterocycles. The first-order valence-corrected chi connectivity index (χ1v) is 10.0. The lowest BCUT2D eigenvalue weighted by atomic mass is 9.96. The molecule has 2 aliphatic heterocycles. The topological polar surface area (TPSA) is 76.3 Å². The lowest BCUT2D eigenvalue weighted by Gasteiger charge is -2.30. The second-order valence-corrected chi connectivity index (χ2v) is 7.73. The summed E-state index contributed by atoms with van der Waals surface area (Å²) in [6, 6.07) is 4.81. The molecular weight excluding hydrogens is 411 g/mol. The molecule has 0 aliphatic carbocycles. The van der Waals surface area contributed by atoms with Crippen molar-refractivity contribution >= 4 is 11.6 Å². The molecule has 1 aromatic carbocycles. The number of anilines is 2. The summed E-state index contributed by atoms with van der Waals surface area (Å²) in [7, 11) is 0. The van der Waals surface area contributed by atoms with Gasteiger partial charge in [-0.1, -0.05) is 0 Å². The van der Waals surface area contributed by atoms with E-state index in [1.165, 1.54) is 6.07 Å². The van der Waals surface area contributed by atoms with Crippen LogP contribution in [0.25, 0.3) is 11.3 Å². The fraction of sp³-hybridized carbons (Fsp3) is 0.381. The maximum absolute atomic E-state index is 12.9. The van der Waals surface area contributed by atoms with Gasteiger partial charge in [-0.2, -0.15) is 18.3 Å². The summed E-state index contributed by atoms with van der Waals surface area (Å²) in [5.41, 5.74) is 1.43. The van der Waals surface area contributed by atoms with Crippen molar-refractivity contribution in [1.29, 1.82) is 0 Å². The van der Waals surface area contributed by atoms with Crippen LogP contribution in [0.5, 0.6) is 5.75 Å². The van der Waals surface area contributed by atoms with Gasteiger partial charge in [0.25, 0.3) is 0 Å². The van der Waals surface area contributed by atoms with E-state index < -0.39 is 17.5 Å². The van der Waals surface area contributed by atoms with Gasteiger partial charge in [0.15, 0.2) is 17.9 Å². The molecule has 10 heteroatoms. The zero-order valence-corrected chi connectivity index (χ0v) is 16.7. The van der Waals surface area contributed by atoms with Crippen LogP contribution in [0.1, 0.15) is 35.8 Å². The molecule has 0 radical (unpaired) electrons. The molecule has 3 aromatic rings. The predicted octanol–water partition coefficient (Wildman–Crippen LogP) is 4.38. The smallest absolute Gasteiger partial charge is 0.416 e. The number of phenols is 1. The van der Waals surface area contributed by atoms with Gasteiger partial charge in [-0.3, -0.25) is 0 Å². The van der Waals surface area contributed by atoms with Gasteiger partial charge in [0.2, 0.25) is 0 Å². The van der Waals surface area contributed by atoms with Crippen molar-refractivity contribution in [2.75, 3.05) is 18.1 Å². The average Bonchev–Trinajstić information content (AvgIpc) is 3.15. The van der Waals surface area contributed by atoms with Crippen LogP contribution in [0, 0.1) is 6.92 Å². The Labute approximate surface area is 176 Å². The Bertz CT molecular complexity index is 1140. The summed E-state index contributed by atoms with van der Waals surface area (Å²) < 4.78 is 46.1. The molecule has 0 spiro atoms. The molecule has 31 heavy (non-hydrogen) atoms. The highest BCUT2D eigenvalue weighted by Crippen LogP contribution is 2.40. The number of hydrogen-bond donors (Lipinski definition) is 1. The molecule has 1 atom stereocenters. The molecule has 0 bridgehead atoms. The number of benzene rings is 1. The van der Waals surface area contributed by atoms with Crippen molar-refractivity contribution in [3.63, 3.8) is 0 Å². The lowest BCUT2D eigenvalue weighted by Crippen LogP contribution is -2.28. The van der Waals surface area contributed by atoms with Gasteiger partial charge >= 0.3 is 6.18 Å². The number of halogens is 3. The van der Waals surface area contributed by atoms with E-state index in [0.717, 1.165) is 61.5 Å². The number of alkyl halides is 3. The number of fused-ring (bicyclic) bond motifs is 1. The van der Waals surface area contributed by atoms with Crippen molar-refractivity contribution in [2.45, 2.75) is 38.6 Å². The molecule has 5 rings (SSSR count). The summed E-state index contributed by atoms with van der Waals surface area (Å²) in [4.78, 5) is 1.99. The molecule has 7 nitrogen and oxygen atoms in total. The summed E-state index contributed by atoms with van der Waals surface area (Å²) in [5.74, 6) is 0.952. The van der Waals surface area contributed by atoms with E-state index in [4.69, 9.17) is 4.74 Å². The third kappa shape index (κ3) is 3.40. The zero-order valence-electron chi connectivity index (χ0n) is 16.7. The SMILES string of the molecule is Cc1c(-c2ccc(C(F)(F)F)cc2O)nnc2c1CCCN2c1ccn(C2CCO2)n1. The van der Waals surface area contributed by atoms with Gasteiger partial charge < -0.3 is 14.7 Å². The van der Waals surface area contributed by atoms with Gasteiger partial charge in [-0.15, -0.1) is 10.2 Å². The monoisotopic (exact) mass is 431 g/mol. The van der Waals surface area contributed by atoms with Crippen LogP contribution in [0.4, 0.5) is 24.8 Å². The highest BCUT2D eigenvalue weighted by atomic mass is 19.4. The molecule has 1 unspecified atom stereocenters. The van der Waals surface area contributed by atoms with E-state index in [-0.39, 0.29) is 11.8 Å². The summed E-state index contributed by atoms with van der Waals surface area (Å²) in [5, 5.41) is 23.5. The first-order chi connectivity index (χ1) is 14.8. The van der Waals surface area contributed by atoms with Crippen LogP contribution in [0.3, 0.4) is 0 Å². The van der Waals surface area contributed by atoms with E-state index in [2.05, 4.69) is 15.3 Å². The quantitative estimate of drug-likeness (QED) is 0.664. The van der Waals surface area contributed by atoms with Crippen LogP contribution >= 0.6 is 0 Å². The normalized spacial score (nSPS) is 18.6. The van der Waals surface area contributed by atoms with Crippen molar-refractivity contribution < 1.29 is 23.0 Å². The molecule has 1 N–H and O–H groups in total. The van der Waals surface area contributed by atoms with E-state index in [1.807, 2.05) is 24.1 Å². The van der Waals surface area contributed by atoms with Crippen molar-refractivity contribution in [1.82, 2.24) is 20.0 Å². The van der Waals surface area contributed by atoms with E-state index in [1.54, 1.807) is 4.68 Å². The Morgan fingerprint density at radius 2 is 2.00 bits per heavy atom. The first-order valence-electron chi connectivity index (χ1n) is 10.0. The Balaban J connectivity index is 1.51. The highest BCUT2D eigenvalue weighted by Gasteiger charge is 2.32. The number of ether oxygens (including phenoxy) is 1. The second-order valence-electron chi connectivity index (χ2n) is 7.73. The summed E-state index contributed by atoms with van der Waals surface area (Å²) >= 11 is 0. The zero-order chi connectivity index (χ0) is 21.8. The summed E-state index contributed by atoms with van der Waals surface area (Å²) in [6.45, 7) is 3.31. The van der Waals surface area contributed by atoms with Crippen molar-refractivity contribution in [2.24, 2.45) is 0 Å². The number of nitrogens with zero attached hydrogens (tertiary/aromatic N) is 5. The van der Waals surface area contributed by atoms with Crippen LogP contribution < -0.4 is 4.90 Å². The third-order valence-electron chi connectivity index (χ3n) is 5.81. The number of aromatic hydroxyl groups is 1. The largest absolute Gasteiger partial charge is 0.507 e. The van der Waals surface area contributed by atoms with Crippen LogP contribution in [0.2, 0.25) is 0 Å². The molecule has 0 amide bonds. The van der Waals surface area contributed by atoms with Crippen molar-refractivity contribution in [3.05, 3.63) is 47.2 Å². The minimum atomic E-state index is -4.53. The predicted molar refractivity (Wildman–Crippen MR) is 106 cm³/mol. The van der Waals surface area contributed by atoms with E-state index in [0.29, 0.717) is 11.5 Å². The molecule has 2 aliphatic rings. The lowest BCUT2D eigenvalue weighted by molar-refractivity contribution is -0.137. The van der Waals surface area contributed by atoms with Gasteiger partial charge in [0.05, 0.1) is 17.9 Å². The van der Waals surface area contributed by atoms with Crippen LogP contribution in [-0.2, 0) is 17.3 Å². The standard InChI is InChI=1S/C21H20F3N5O2/c1-12-14-3-2-8-28(17-6-9-29(27-17)18-7-10-31-18)20(14)26-25-19(12)15-5-4-13(11-16(15)30)21(22,23)24/h4-6,9,11,18,30H,2-3,7-8,10H2,1H3. The fourth-order valence-electron chi connectivity index (χ4n) is 4.03. The van der Waals surface area contributed by atoms with Crippen molar-refractivity contribution in [3.8, 4) is 17.0 Å². The minimum Gasteiger partial charge on any atom is -0.507 e. The molecule has 2 aromatic heterocycles. The average molecular weight is 431 g/mol. The Morgan fingerprint density at radius 3 is 2.68 bits per heavy atom. The van der Waals surface area contributed by atoms with E-state index in [9.17, 15) is 18.3 Å². The number of rotatable bonds is 3. The number of hydrogen-bond acceptors (Lipinski definition) is 6. The van der Waals surface area contributed by atoms with E-state index >= 15 is 0 Å². The summed E-state index contributed by atoms with van der Waals surface area (Å²) in [6.07, 6.45) is -0.130. The highest BCUT2D eigenvalue weighted by molar-refractivity contribution is 5.74. The van der Waals surface area contributed by atoms with Crippen LogP contribution in [-0.4, -0.2) is 38.2 Å². The molecule has 162 valence electrons. The Kier molecular flexibility index (Phi) is 4.62. The van der Waals surface area contributed by atoms with Gasteiger partial charge in [-0.05, 0) is 43.5 Å². The first kappa shape index (κ1) is 19.8. The Morgan fingerprint density at radius 1 is 1.19 bits per heavy atom. The maximum Gasteiger partial charge on any atom is 0.416 e. The fourth-order valence-corrected chi connectivity index (χ4v) is 4.03. The number of phenolic OH excluding ortho intramolecular Hbond substituents is 1. The van der Waals surface area contributed by atoms with Gasteiger partial charge in [0.1, 0.15) is 5.75 Å². The minimum absolute atomic E-state index is 0.0316. The maximum atomic E-state index is 12.9. The Hall–Kier alpha value is -3.14. The molecule has 1 fully saturated rings.